The topological polar surface area (TPSA) is 161 Å². The van der Waals surface area contributed by atoms with E-state index in [1.807, 2.05) is 18.2 Å². The van der Waals surface area contributed by atoms with Crippen molar-refractivity contribution in [2.24, 2.45) is 0 Å². The van der Waals surface area contributed by atoms with Crippen LogP contribution in [0.15, 0.2) is 54.6 Å². The molecule has 13 heteroatoms. The molecule has 0 spiro atoms. The molecule has 4 amide bonds. The first-order valence-corrected chi connectivity index (χ1v) is 16.4. The summed E-state index contributed by atoms with van der Waals surface area (Å²) in [5.74, 6) is -0.853. The van der Waals surface area contributed by atoms with E-state index < -0.39 is 48.3 Å². The van der Waals surface area contributed by atoms with Gasteiger partial charge in [0, 0.05) is 38.3 Å². The van der Waals surface area contributed by atoms with Crippen molar-refractivity contribution in [3.05, 3.63) is 65.7 Å². The molecule has 2 aromatic rings. The van der Waals surface area contributed by atoms with E-state index in [-0.39, 0.29) is 63.1 Å². The minimum Gasteiger partial charge on any atom is -0.484 e. The van der Waals surface area contributed by atoms with E-state index in [0.29, 0.717) is 18.7 Å². The summed E-state index contributed by atoms with van der Waals surface area (Å²) < 4.78 is 11.5. The van der Waals surface area contributed by atoms with Gasteiger partial charge >= 0.3 is 0 Å². The Bertz CT molecular complexity index is 1480. The fraction of sp³-hybridized carbons (Fsp3) is 0.529. The molecule has 0 unspecified atom stereocenters. The van der Waals surface area contributed by atoms with Gasteiger partial charge in [0.25, 0.3) is 5.91 Å². The van der Waals surface area contributed by atoms with Crippen molar-refractivity contribution < 1.29 is 38.9 Å². The maximum Gasteiger partial charge on any atom is 0.261 e. The van der Waals surface area contributed by atoms with E-state index in [2.05, 4.69) is 27.7 Å². The van der Waals surface area contributed by atoms with Gasteiger partial charge in [0.1, 0.15) is 30.1 Å². The van der Waals surface area contributed by atoms with Gasteiger partial charge in [-0.15, -0.1) is 0 Å². The van der Waals surface area contributed by atoms with Crippen molar-refractivity contribution in [1.29, 1.82) is 0 Å². The number of benzene rings is 2. The van der Waals surface area contributed by atoms with Crippen LogP contribution in [0.5, 0.6) is 5.75 Å². The lowest BCUT2D eigenvalue weighted by atomic mass is 10.0. The maximum absolute atomic E-state index is 14.3. The van der Waals surface area contributed by atoms with Crippen LogP contribution in [0.4, 0.5) is 0 Å². The molecule has 7 rings (SSSR count). The molecule has 4 aliphatic heterocycles. The number of piperazine rings is 1. The van der Waals surface area contributed by atoms with Gasteiger partial charge in [0.15, 0.2) is 6.61 Å². The van der Waals surface area contributed by atoms with Crippen LogP contribution < -0.4 is 15.4 Å². The van der Waals surface area contributed by atoms with Crippen molar-refractivity contribution in [3.63, 3.8) is 0 Å². The third-order valence-electron chi connectivity index (χ3n) is 10.2. The van der Waals surface area contributed by atoms with Crippen LogP contribution in [0.2, 0.25) is 0 Å². The van der Waals surface area contributed by atoms with Crippen LogP contribution in [0.3, 0.4) is 0 Å². The van der Waals surface area contributed by atoms with Crippen LogP contribution >= 0.6 is 0 Å². The number of ether oxygens (including phenoxy) is 2. The lowest BCUT2D eigenvalue weighted by Crippen LogP contribution is -2.64. The standard InChI is InChI=1S/C34H41N5O8/c40-29-15-27-31(42)32(43)28(47-27)16-35-33(44)26-18-37(10-11-38(26)30(41)19-46-24-8-2-1-3-9-24)34(45)25-14-22(36-29)17-39(25)23-12-20-6-4-5-7-21(20)13-23/h1-9,22-23,25-28,31-32,42-43H,10-19H2,(H,35,44)(H,36,40)/t22-,25-,26-,27-,28+,31-,32+/m0/s1. The van der Waals surface area contributed by atoms with Gasteiger partial charge in [-0.05, 0) is 42.5 Å². The monoisotopic (exact) mass is 647 g/mol. The van der Waals surface area contributed by atoms with Crippen molar-refractivity contribution in [3.8, 4) is 5.75 Å². The minimum atomic E-state index is -1.32. The first-order chi connectivity index (χ1) is 22.7. The highest BCUT2D eigenvalue weighted by atomic mass is 16.5. The maximum atomic E-state index is 14.3. The molecule has 4 saturated heterocycles. The number of hydrogen-bond acceptors (Lipinski definition) is 9. The van der Waals surface area contributed by atoms with Gasteiger partial charge in [-0.1, -0.05) is 42.5 Å². The Hall–Kier alpha value is -4.04. The number of fused-ring (bicyclic) bond motifs is 7. The number of carbonyl (C=O) groups excluding carboxylic acids is 4. The van der Waals surface area contributed by atoms with Crippen molar-refractivity contribution in [1.82, 2.24) is 25.3 Å². The molecule has 6 bridgehead atoms. The molecule has 4 N–H and O–H groups in total. The van der Waals surface area contributed by atoms with Gasteiger partial charge in [-0.2, -0.15) is 0 Å². The van der Waals surface area contributed by atoms with Gasteiger partial charge in [0.2, 0.25) is 17.7 Å². The summed E-state index contributed by atoms with van der Waals surface area (Å²) in [7, 11) is 0. The summed E-state index contributed by atoms with van der Waals surface area (Å²) in [5, 5.41) is 27.2. The van der Waals surface area contributed by atoms with E-state index in [1.54, 1.807) is 29.2 Å². The molecule has 250 valence electrons. The Morgan fingerprint density at radius 3 is 2.32 bits per heavy atom. The molecule has 1 aliphatic carbocycles. The lowest BCUT2D eigenvalue weighted by molar-refractivity contribution is -0.151. The van der Waals surface area contributed by atoms with Crippen molar-refractivity contribution in [2.45, 2.75) is 74.3 Å². The molecule has 13 nitrogen and oxygen atoms in total. The number of nitrogens with zero attached hydrogens (tertiary/aromatic N) is 3. The zero-order valence-electron chi connectivity index (χ0n) is 26.1. The summed E-state index contributed by atoms with van der Waals surface area (Å²) in [4.78, 5) is 59.9. The molecule has 47 heavy (non-hydrogen) atoms. The molecular formula is C34H41N5O8. The zero-order chi connectivity index (χ0) is 32.7. The predicted octanol–water partition coefficient (Wildman–Crippen LogP) is -1.16. The van der Waals surface area contributed by atoms with Crippen LogP contribution in [0.1, 0.15) is 24.0 Å². The first-order valence-electron chi connectivity index (χ1n) is 16.4. The number of amides is 4. The number of aliphatic hydroxyl groups is 2. The number of likely N-dealkylation sites (tertiary alicyclic amines) is 1. The van der Waals surface area contributed by atoms with Gasteiger partial charge in [-0.25, -0.2) is 0 Å². The molecule has 7 atom stereocenters. The Morgan fingerprint density at radius 2 is 1.57 bits per heavy atom. The van der Waals surface area contributed by atoms with E-state index in [1.165, 1.54) is 16.0 Å². The highest BCUT2D eigenvalue weighted by molar-refractivity contribution is 5.90. The van der Waals surface area contributed by atoms with E-state index in [0.717, 1.165) is 12.8 Å². The number of nitrogens with one attached hydrogen (secondary N) is 2. The summed E-state index contributed by atoms with van der Waals surface area (Å²) in [6.07, 6.45) is -2.76. The fourth-order valence-electron chi connectivity index (χ4n) is 7.79. The molecule has 0 aromatic heterocycles. The number of aliphatic hydroxyl groups excluding tert-OH is 2. The number of para-hydroxylation sites is 1. The summed E-state index contributed by atoms with van der Waals surface area (Å²) in [5.41, 5.74) is 2.49. The second-order valence-corrected chi connectivity index (χ2v) is 13.2. The van der Waals surface area contributed by atoms with Crippen molar-refractivity contribution in [2.75, 3.05) is 39.3 Å². The quantitative estimate of drug-likeness (QED) is 0.321. The highest BCUT2D eigenvalue weighted by Crippen LogP contribution is 2.32. The van der Waals surface area contributed by atoms with Crippen LogP contribution in [-0.2, 0) is 36.8 Å². The highest BCUT2D eigenvalue weighted by Gasteiger charge is 2.48. The third-order valence-corrected chi connectivity index (χ3v) is 10.2. The second kappa shape index (κ2) is 13.2. The second-order valence-electron chi connectivity index (χ2n) is 13.2. The molecular weight excluding hydrogens is 606 g/mol. The summed E-state index contributed by atoms with van der Waals surface area (Å²) in [6, 6.07) is 15.4. The molecule has 5 aliphatic rings. The van der Waals surface area contributed by atoms with Gasteiger partial charge in [-0.3, -0.25) is 24.1 Å². The van der Waals surface area contributed by atoms with E-state index in [4.69, 9.17) is 9.47 Å². The molecule has 0 radical (unpaired) electrons. The molecule has 4 heterocycles. The third kappa shape index (κ3) is 6.45. The van der Waals surface area contributed by atoms with E-state index in [9.17, 15) is 29.4 Å². The zero-order valence-corrected chi connectivity index (χ0v) is 26.1. The normalized spacial score (nSPS) is 31.8. The lowest BCUT2D eigenvalue weighted by Gasteiger charge is -2.42. The van der Waals surface area contributed by atoms with Gasteiger partial charge in [0.05, 0.1) is 25.1 Å². The number of carbonyl (C=O) groups is 4. The average molecular weight is 648 g/mol. The summed E-state index contributed by atoms with van der Waals surface area (Å²) in [6.45, 7) is 0.395. The Labute approximate surface area is 272 Å². The smallest absolute Gasteiger partial charge is 0.261 e. The van der Waals surface area contributed by atoms with Gasteiger partial charge < -0.3 is 40.1 Å². The molecule has 2 aromatic carbocycles. The predicted molar refractivity (Wildman–Crippen MR) is 167 cm³/mol. The molecule has 4 fully saturated rings. The Morgan fingerprint density at radius 1 is 0.872 bits per heavy atom. The average Bonchev–Trinajstić information content (AvgIpc) is 3.78. The first kappa shape index (κ1) is 31.6. The van der Waals surface area contributed by atoms with Crippen LogP contribution in [-0.4, -0.2) is 136 Å². The number of hydrogen-bond donors (Lipinski definition) is 4. The van der Waals surface area contributed by atoms with Crippen molar-refractivity contribution >= 4 is 23.6 Å². The number of rotatable bonds is 4. The van der Waals surface area contributed by atoms with E-state index >= 15 is 0 Å². The summed E-state index contributed by atoms with van der Waals surface area (Å²) >= 11 is 0. The Kier molecular flexibility index (Phi) is 8.88. The Balaban J connectivity index is 1.15. The van der Waals surface area contributed by atoms with Crippen LogP contribution in [0, 0.1) is 0 Å². The SMILES string of the molecule is O=C1C[C@@H]2O[C@H](CNC(=O)[C@@H]3CN(CCN3C(=O)COc3ccccc3)C(=O)[C@@H]3C[C@@H](CN3C3Cc4ccccc4C3)N1)[C@@H](O)[C@H]2O. The van der Waals surface area contributed by atoms with Crippen LogP contribution in [0.25, 0.3) is 0 Å². The molecule has 0 saturated carbocycles. The largest absolute Gasteiger partial charge is 0.484 e. The minimum absolute atomic E-state index is 0.0205. The fourth-order valence-corrected chi connectivity index (χ4v) is 7.79.